The molecule has 3 heterocycles. The zero-order valence-electron chi connectivity index (χ0n) is 17.4. The minimum Gasteiger partial charge on any atom is -0.473 e. The third-order valence-corrected chi connectivity index (χ3v) is 6.36. The molecule has 1 saturated heterocycles. The maximum Gasteiger partial charge on any atom is 0.255 e. The average molecular weight is 437 g/mol. The first-order chi connectivity index (χ1) is 15.1. The van der Waals surface area contributed by atoms with Crippen molar-refractivity contribution in [3.05, 3.63) is 94.9 Å². The van der Waals surface area contributed by atoms with Gasteiger partial charge in [-0.1, -0.05) is 41.9 Å². The third kappa shape index (κ3) is 4.03. The minimum atomic E-state index is -0.408. The Kier molecular flexibility index (Phi) is 6.25. The van der Waals surface area contributed by atoms with Gasteiger partial charge in [-0.05, 0) is 54.9 Å². The van der Waals surface area contributed by atoms with Gasteiger partial charge in [0.05, 0.1) is 18.4 Å². The molecule has 3 aliphatic rings. The molecular formula is C25H25ClN2O3. The first-order valence-corrected chi connectivity index (χ1v) is 10.8. The van der Waals surface area contributed by atoms with Gasteiger partial charge in [0.1, 0.15) is 11.9 Å². The first kappa shape index (κ1) is 21.3. The number of carbonyl (C=O) groups excluding carboxylic acids is 2. The van der Waals surface area contributed by atoms with Crippen LogP contribution in [0.25, 0.3) is 0 Å². The van der Waals surface area contributed by atoms with Crippen molar-refractivity contribution in [2.75, 3.05) is 20.1 Å². The molecule has 1 atom stereocenters. The smallest absolute Gasteiger partial charge is 0.255 e. The Hall–Kier alpha value is -2.89. The van der Waals surface area contributed by atoms with Gasteiger partial charge in [0.15, 0.2) is 0 Å². The van der Waals surface area contributed by atoms with Crippen molar-refractivity contribution in [3.8, 4) is 0 Å². The molecule has 3 aliphatic heterocycles. The normalized spacial score (nSPS) is 22.6. The molecule has 6 heteroatoms. The maximum absolute atomic E-state index is 13.1. The van der Waals surface area contributed by atoms with E-state index in [1.807, 2.05) is 35.2 Å². The van der Waals surface area contributed by atoms with Crippen LogP contribution in [0, 0.1) is 5.92 Å². The fourth-order valence-electron chi connectivity index (χ4n) is 4.50. The summed E-state index contributed by atoms with van der Waals surface area (Å²) in [5.41, 5.74) is 2.69. The summed E-state index contributed by atoms with van der Waals surface area (Å²) < 4.78 is 4.68. The van der Waals surface area contributed by atoms with Gasteiger partial charge >= 0.3 is 0 Å². The van der Waals surface area contributed by atoms with Crippen LogP contribution >= 0.6 is 11.6 Å². The van der Waals surface area contributed by atoms with Crippen molar-refractivity contribution in [3.63, 3.8) is 0 Å². The maximum atomic E-state index is 13.1. The van der Waals surface area contributed by atoms with Crippen molar-refractivity contribution < 1.29 is 14.3 Å². The Morgan fingerprint density at radius 2 is 1.77 bits per heavy atom. The summed E-state index contributed by atoms with van der Waals surface area (Å²) in [4.78, 5) is 27.5. The zero-order valence-corrected chi connectivity index (χ0v) is 18.2. The number of likely N-dealkylation sites (N-methyl/N-ethyl adjacent to an activating group) is 1. The van der Waals surface area contributed by atoms with Gasteiger partial charge in [-0.25, -0.2) is 0 Å². The SMILES string of the molecule is CN1CCCN2C(=O)c3ccccc3CC12c1ccc(Cl)cc1.O=CC1C=COC=C1. The third-order valence-electron chi connectivity index (χ3n) is 6.11. The van der Waals surface area contributed by atoms with Crippen molar-refractivity contribution in [1.29, 1.82) is 0 Å². The Morgan fingerprint density at radius 3 is 2.45 bits per heavy atom. The molecule has 2 aromatic carbocycles. The first-order valence-electron chi connectivity index (χ1n) is 10.4. The molecule has 0 spiro atoms. The number of allylic oxidation sites excluding steroid dienone is 2. The number of benzene rings is 2. The van der Waals surface area contributed by atoms with Crippen LogP contribution in [0.4, 0.5) is 0 Å². The van der Waals surface area contributed by atoms with Crippen LogP contribution in [0.2, 0.25) is 5.02 Å². The molecule has 31 heavy (non-hydrogen) atoms. The molecule has 0 aliphatic carbocycles. The lowest BCUT2D eigenvalue weighted by Crippen LogP contribution is -2.65. The van der Waals surface area contributed by atoms with Crippen molar-refractivity contribution in [2.45, 2.75) is 18.5 Å². The lowest BCUT2D eigenvalue weighted by Gasteiger charge is -2.55. The van der Waals surface area contributed by atoms with Gasteiger partial charge in [0.2, 0.25) is 0 Å². The molecule has 0 bridgehead atoms. The van der Waals surface area contributed by atoms with Crippen molar-refractivity contribution >= 4 is 23.8 Å². The zero-order chi connectivity index (χ0) is 21.8. The summed E-state index contributed by atoms with van der Waals surface area (Å²) in [6.45, 7) is 1.77. The molecule has 0 aromatic heterocycles. The fraction of sp³-hybridized carbons (Fsp3) is 0.280. The van der Waals surface area contributed by atoms with E-state index in [1.54, 1.807) is 12.2 Å². The molecule has 0 saturated carbocycles. The van der Waals surface area contributed by atoms with E-state index < -0.39 is 5.66 Å². The second-order valence-corrected chi connectivity index (χ2v) is 8.33. The molecular weight excluding hydrogens is 412 g/mol. The number of halogens is 1. The van der Waals surface area contributed by atoms with Crippen LogP contribution in [0.15, 0.2) is 73.2 Å². The van der Waals surface area contributed by atoms with E-state index in [-0.39, 0.29) is 11.8 Å². The fourth-order valence-corrected chi connectivity index (χ4v) is 4.63. The van der Waals surface area contributed by atoms with Crippen LogP contribution in [0.3, 0.4) is 0 Å². The molecule has 160 valence electrons. The number of fused-ring (bicyclic) bond motifs is 2. The minimum absolute atomic E-state index is 0.0799. The second kappa shape index (κ2) is 9.08. The van der Waals surface area contributed by atoms with Crippen molar-refractivity contribution in [1.82, 2.24) is 9.80 Å². The second-order valence-electron chi connectivity index (χ2n) is 7.90. The molecule has 2 aromatic rings. The number of amides is 1. The van der Waals surface area contributed by atoms with Gasteiger partial charge in [-0.3, -0.25) is 9.69 Å². The van der Waals surface area contributed by atoms with Gasteiger partial charge in [0.25, 0.3) is 5.91 Å². The summed E-state index contributed by atoms with van der Waals surface area (Å²) in [5, 5.41) is 0.720. The summed E-state index contributed by atoms with van der Waals surface area (Å²) in [5.74, 6) is 0.0529. The quantitative estimate of drug-likeness (QED) is 0.655. The summed E-state index contributed by atoms with van der Waals surface area (Å²) in [6, 6.07) is 15.9. The van der Waals surface area contributed by atoms with E-state index in [9.17, 15) is 9.59 Å². The molecule has 0 N–H and O–H groups in total. The van der Waals surface area contributed by atoms with Crippen LogP contribution < -0.4 is 0 Å². The summed E-state index contributed by atoms with van der Waals surface area (Å²) >= 11 is 6.08. The van der Waals surface area contributed by atoms with E-state index in [1.165, 1.54) is 12.5 Å². The van der Waals surface area contributed by atoms with Crippen LogP contribution in [0.5, 0.6) is 0 Å². The topological polar surface area (TPSA) is 49.9 Å². The van der Waals surface area contributed by atoms with Gasteiger partial charge < -0.3 is 14.4 Å². The molecule has 5 nitrogen and oxygen atoms in total. The Bertz CT molecular complexity index is 1010. The van der Waals surface area contributed by atoms with E-state index in [4.69, 9.17) is 11.6 Å². The summed E-state index contributed by atoms with van der Waals surface area (Å²) in [7, 11) is 2.11. The monoisotopic (exact) mass is 436 g/mol. The summed E-state index contributed by atoms with van der Waals surface area (Å²) in [6.07, 6.45) is 9.04. The molecule has 1 unspecified atom stereocenters. The van der Waals surface area contributed by atoms with Gasteiger partial charge in [-0.15, -0.1) is 0 Å². The number of hydrogen-bond donors (Lipinski definition) is 0. The number of aldehydes is 1. The number of carbonyl (C=O) groups is 2. The molecule has 5 rings (SSSR count). The highest BCUT2D eigenvalue weighted by Gasteiger charge is 2.50. The van der Waals surface area contributed by atoms with E-state index in [0.29, 0.717) is 0 Å². The lowest BCUT2D eigenvalue weighted by molar-refractivity contribution is -0.109. The van der Waals surface area contributed by atoms with Crippen LogP contribution in [0.1, 0.15) is 27.9 Å². The predicted molar refractivity (Wildman–Crippen MR) is 120 cm³/mol. The van der Waals surface area contributed by atoms with E-state index in [2.05, 4.69) is 34.9 Å². The highest BCUT2D eigenvalue weighted by Crippen LogP contribution is 2.43. The number of hydrogen-bond acceptors (Lipinski definition) is 4. The number of rotatable bonds is 2. The highest BCUT2D eigenvalue weighted by molar-refractivity contribution is 6.30. The standard InChI is InChI=1S/C19H19ClN2O.C6H6O2/c1-21-11-4-12-22-18(23)17-6-3-2-5-14(17)13-19(21,22)15-7-9-16(20)10-8-15;7-5-6-1-3-8-4-2-6/h2-3,5-10H,4,11-13H2,1H3;1-6H. The Morgan fingerprint density at radius 1 is 1.06 bits per heavy atom. The number of nitrogens with zero attached hydrogens (tertiary/aromatic N) is 2. The lowest BCUT2D eigenvalue weighted by atomic mass is 9.81. The van der Waals surface area contributed by atoms with Crippen LogP contribution in [-0.4, -0.2) is 42.1 Å². The molecule has 1 fully saturated rings. The average Bonchev–Trinajstić information content (AvgIpc) is 2.81. The molecule has 1 amide bonds. The highest BCUT2D eigenvalue weighted by atomic mass is 35.5. The van der Waals surface area contributed by atoms with E-state index in [0.717, 1.165) is 53.9 Å². The largest absolute Gasteiger partial charge is 0.473 e. The Labute approximate surface area is 187 Å². The van der Waals surface area contributed by atoms with Crippen LogP contribution in [-0.2, 0) is 21.6 Å². The number of ether oxygens (including phenoxy) is 1. The molecule has 0 radical (unpaired) electrons. The Balaban J connectivity index is 0.000000245. The van der Waals surface area contributed by atoms with Gasteiger partial charge in [-0.2, -0.15) is 0 Å². The van der Waals surface area contributed by atoms with Crippen molar-refractivity contribution in [2.24, 2.45) is 5.92 Å². The predicted octanol–water partition coefficient (Wildman–Crippen LogP) is 4.39. The van der Waals surface area contributed by atoms with Gasteiger partial charge in [0, 0.05) is 30.1 Å². The van der Waals surface area contributed by atoms with E-state index >= 15 is 0 Å².